The fourth-order valence-corrected chi connectivity index (χ4v) is 2.11. The minimum absolute atomic E-state index is 0.319. The molecule has 0 saturated heterocycles. The van der Waals surface area contributed by atoms with Crippen molar-refractivity contribution in [1.29, 1.82) is 5.26 Å². The summed E-state index contributed by atoms with van der Waals surface area (Å²) in [6.45, 7) is 0. The summed E-state index contributed by atoms with van der Waals surface area (Å²) in [6, 6.07) is 12.9. The van der Waals surface area contributed by atoms with Gasteiger partial charge in [0.15, 0.2) is 0 Å². The second-order valence-electron chi connectivity index (χ2n) is 3.85. The fourth-order valence-electron chi connectivity index (χ4n) is 1.60. The summed E-state index contributed by atoms with van der Waals surface area (Å²) in [7, 11) is 0. The second kappa shape index (κ2) is 5.88. The van der Waals surface area contributed by atoms with Gasteiger partial charge in [-0.05, 0) is 35.9 Å². The predicted molar refractivity (Wildman–Crippen MR) is 76.3 cm³/mol. The lowest BCUT2D eigenvalue weighted by molar-refractivity contribution is 0.628. The van der Waals surface area contributed by atoms with Crippen LogP contribution < -0.4 is 0 Å². The molecule has 0 atom stereocenters. The van der Waals surface area contributed by atoms with Crippen LogP contribution in [0.2, 0.25) is 10.0 Å². The topological polar surface area (TPSA) is 23.8 Å². The van der Waals surface area contributed by atoms with Crippen LogP contribution in [0.3, 0.4) is 0 Å². The first kappa shape index (κ1) is 13.6. The van der Waals surface area contributed by atoms with E-state index in [1.807, 2.05) is 0 Å². The van der Waals surface area contributed by atoms with Crippen LogP contribution in [0.25, 0.3) is 11.6 Å². The number of benzene rings is 2. The minimum Gasteiger partial charge on any atom is -0.207 e. The van der Waals surface area contributed by atoms with Crippen LogP contribution in [0.4, 0.5) is 4.39 Å². The van der Waals surface area contributed by atoms with E-state index >= 15 is 0 Å². The van der Waals surface area contributed by atoms with Crippen molar-refractivity contribution in [3.63, 3.8) is 0 Å². The van der Waals surface area contributed by atoms with E-state index in [0.29, 0.717) is 21.2 Å². The lowest BCUT2D eigenvalue weighted by Gasteiger charge is -2.03. The number of allylic oxidation sites excluding steroid dienone is 1. The van der Waals surface area contributed by atoms with Gasteiger partial charge in [-0.15, -0.1) is 0 Å². The third-order valence-electron chi connectivity index (χ3n) is 2.52. The molecular formula is C15H8Cl2FN. The minimum atomic E-state index is -0.319. The largest absolute Gasteiger partial charge is 0.207 e. The van der Waals surface area contributed by atoms with Gasteiger partial charge in [0.1, 0.15) is 5.82 Å². The highest BCUT2D eigenvalue weighted by atomic mass is 35.5. The molecule has 2 aromatic rings. The molecule has 0 aliphatic carbocycles. The Balaban J connectivity index is 2.45. The van der Waals surface area contributed by atoms with Crippen molar-refractivity contribution in [1.82, 2.24) is 0 Å². The number of halogens is 3. The van der Waals surface area contributed by atoms with Crippen LogP contribution in [-0.2, 0) is 0 Å². The lowest BCUT2D eigenvalue weighted by Crippen LogP contribution is -1.84. The van der Waals surface area contributed by atoms with Crippen LogP contribution in [0.15, 0.2) is 42.5 Å². The molecule has 0 amide bonds. The molecule has 0 radical (unpaired) electrons. The third-order valence-corrected chi connectivity index (χ3v) is 3.07. The van der Waals surface area contributed by atoms with Crippen LogP contribution in [0.5, 0.6) is 0 Å². The highest BCUT2D eigenvalue weighted by Crippen LogP contribution is 2.28. The molecule has 2 aromatic carbocycles. The second-order valence-corrected chi connectivity index (χ2v) is 4.69. The van der Waals surface area contributed by atoms with Gasteiger partial charge in [-0.3, -0.25) is 0 Å². The molecule has 0 aliphatic rings. The van der Waals surface area contributed by atoms with Gasteiger partial charge in [-0.2, -0.15) is 5.26 Å². The molecule has 0 aliphatic heterocycles. The molecule has 2 rings (SSSR count). The van der Waals surface area contributed by atoms with Crippen molar-refractivity contribution in [2.75, 3.05) is 0 Å². The van der Waals surface area contributed by atoms with Crippen molar-refractivity contribution in [2.45, 2.75) is 0 Å². The Kier molecular flexibility index (Phi) is 4.21. The first-order valence-corrected chi connectivity index (χ1v) is 6.18. The number of rotatable bonds is 2. The van der Waals surface area contributed by atoms with Crippen molar-refractivity contribution in [3.8, 4) is 6.07 Å². The molecule has 0 aromatic heterocycles. The molecule has 0 bridgehead atoms. The van der Waals surface area contributed by atoms with E-state index in [4.69, 9.17) is 23.2 Å². The Bertz CT molecular complexity index is 670. The monoisotopic (exact) mass is 291 g/mol. The van der Waals surface area contributed by atoms with E-state index in [1.54, 1.807) is 36.4 Å². The summed E-state index contributed by atoms with van der Waals surface area (Å²) in [6.07, 6.45) is 1.65. The molecule has 0 unspecified atom stereocenters. The maximum Gasteiger partial charge on any atom is 0.123 e. The molecular weight excluding hydrogens is 284 g/mol. The lowest BCUT2D eigenvalue weighted by atomic mass is 10.0. The number of nitrogens with zero attached hydrogens (tertiary/aromatic N) is 1. The van der Waals surface area contributed by atoms with E-state index in [1.165, 1.54) is 12.1 Å². The van der Waals surface area contributed by atoms with Gasteiger partial charge in [-0.1, -0.05) is 41.4 Å². The Hall–Kier alpha value is -1.82. The maximum absolute atomic E-state index is 12.8. The predicted octanol–water partition coefficient (Wildman–Crippen LogP) is 5.20. The first-order valence-electron chi connectivity index (χ1n) is 5.43. The van der Waals surface area contributed by atoms with E-state index in [9.17, 15) is 9.65 Å². The van der Waals surface area contributed by atoms with Crippen LogP contribution in [-0.4, -0.2) is 0 Å². The van der Waals surface area contributed by atoms with Gasteiger partial charge in [0.25, 0.3) is 0 Å². The quantitative estimate of drug-likeness (QED) is 0.551. The van der Waals surface area contributed by atoms with Crippen LogP contribution in [0, 0.1) is 17.1 Å². The standard InChI is InChI=1S/C15H8Cl2FN/c16-12-3-6-14(15(17)8-12)11(9-19)7-10-1-4-13(18)5-2-10/h1-8H/b11-7+. The SMILES string of the molecule is N#C/C(=C\c1ccc(F)cc1)c1ccc(Cl)cc1Cl. The first-order chi connectivity index (χ1) is 9.10. The summed E-state index contributed by atoms with van der Waals surface area (Å²) in [5.74, 6) is -0.319. The van der Waals surface area contributed by atoms with Gasteiger partial charge < -0.3 is 0 Å². The molecule has 0 saturated carbocycles. The van der Waals surface area contributed by atoms with Gasteiger partial charge >= 0.3 is 0 Å². The van der Waals surface area contributed by atoms with Crippen LogP contribution in [0.1, 0.15) is 11.1 Å². The third kappa shape index (κ3) is 3.35. The fraction of sp³-hybridized carbons (Fsp3) is 0. The zero-order chi connectivity index (χ0) is 13.8. The normalized spacial score (nSPS) is 11.2. The Morgan fingerprint density at radius 1 is 1.11 bits per heavy atom. The van der Waals surface area contributed by atoms with Crippen molar-refractivity contribution >= 4 is 34.9 Å². The Morgan fingerprint density at radius 2 is 1.79 bits per heavy atom. The highest BCUT2D eigenvalue weighted by Gasteiger charge is 2.07. The molecule has 94 valence electrons. The highest BCUT2D eigenvalue weighted by molar-refractivity contribution is 6.36. The van der Waals surface area contributed by atoms with Gasteiger partial charge in [-0.25, -0.2) is 4.39 Å². The molecule has 0 N–H and O–H groups in total. The van der Waals surface area contributed by atoms with Gasteiger partial charge in [0, 0.05) is 10.6 Å². The van der Waals surface area contributed by atoms with E-state index in [0.717, 1.165) is 5.56 Å². The summed E-state index contributed by atoms with van der Waals surface area (Å²) < 4.78 is 12.8. The Labute approximate surface area is 120 Å². The van der Waals surface area contributed by atoms with Crippen LogP contribution >= 0.6 is 23.2 Å². The summed E-state index contributed by atoms with van der Waals surface area (Å²) in [5.41, 5.74) is 1.72. The number of nitriles is 1. The zero-order valence-electron chi connectivity index (χ0n) is 9.70. The summed E-state index contributed by atoms with van der Waals surface area (Å²) in [4.78, 5) is 0. The summed E-state index contributed by atoms with van der Waals surface area (Å²) >= 11 is 11.9. The smallest absolute Gasteiger partial charge is 0.123 e. The molecule has 0 heterocycles. The van der Waals surface area contributed by atoms with Crippen molar-refractivity contribution in [3.05, 3.63) is 69.5 Å². The summed E-state index contributed by atoms with van der Waals surface area (Å²) in [5, 5.41) is 10.1. The van der Waals surface area contributed by atoms with E-state index in [2.05, 4.69) is 6.07 Å². The van der Waals surface area contributed by atoms with Crippen molar-refractivity contribution in [2.24, 2.45) is 0 Å². The number of hydrogen-bond donors (Lipinski definition) is 0. The average Bonchev–Trinajstić information content (AvgIpc) is 2.39. The zero-order valence-corrected chi connectivity index (χ0v) is 11.2. The maximum atomic E-state index is 12.8. The Morgan fingerprint density at radius 3 is 2.37 bits per heavy atom. The molecule has 0 fully saturated rings. The molecule has 4 heteroatoms. The average molecular weight is 292 g/mol. The molecule has 1 nitrogen and oxygen atoms in total. The van der Waals surface area contributed by atoms with Gasteiger partial charge in [0.2, 0.25) is 0 Å². The van der Waals surface area contributed by atoms with E-state index in [-0.39, 0.29) is 5.82 Å². The number of hydrogen-bond acceptors (Lipinski definition) is 1. The van der Waals surface area contributed by atoms with Gasteiger partial charge in [0.05, 0.1) is 16.7 Å². The van der Waals surface area contributed by atoms with Crippen molar-refractivity contribution < 1.29 is 4.39 Å². The van der Waals surface area contributed by atoms with E-state index < -0.39 is 0 Å². The molecule has 0 spiro atoms. The molecule has 19 heavy (non-hydrogen) atoms.